The van der Waals surface area contributed by atoms with Gasteiger partial charge in [0.05, 0.1) is 11.3 Å². The van der Waals surface area contributed by atoms with Gasteiger partial charge in [-0.3, -0.25) is 9.59 Å². The molecule has 1 heterocycles. The summed E-state index contributed by atoms with van der Waals surface area (Å²) in [6.07, 6.45) is 1.67. The lowest BCUT2D eigenvalue weighted by Gasteiger charge is -2.27. The SMILES string of the molecule is CCN(CC)C(=O)c1ccccc1NC(=O)[C@H]1CCN[C@@H](C)C1. The van der Waals surface area contributed by atoms with Gasteiger partial charge in [-0.25, -0.2) is 0 Å². The van der Waals surface area contributed by atoms with E-state index in [0.29, 0.717) is 30.4 Å². The number of carbonyl (C=O) groups excluding carboxylic acids is 2. The largest absolute Gasteiger partial charge is 0.339 e. The Morgan fingerprint density at radius 1 is 1.26 bits per heavy atom. The third kappa shape index (κ3) is 4.32. The molecule has 0 saturated carbocycles. The molecule has 0 radical (unpaired) electrons. The Balaban J connectivity index is 2.14. The zero-order valence-electron chi connectivity index (χ0n) is 14.3. The summed E-state index contributed by atoms with van der Waals surface area (Å²) < 4.78 is 0. The van der Waals surface area contributed by atoms with Crippen LogP contribution in [0.5, 0.6) is 0 Å². The van der Waals surface area contributed by atoms with Crippen molar-refractivity contribution in [2.75, 3.05) is 25.0 Å². The number of rotatable bonds is 5. The maximum absolute atomic E-state index is 12.6. The van der Waals surface area contributed by atoms with Gasteiger partial charge in [-0.05, 0) is 52.3 Å². The quantitative estimate of drug-likeness (QED) is 0.877. The van der Waals surface area contributed by atoms with Crippen molar-refractivity contribution < 1.29 is 9.59 Å². The number of hydrogen-bond acceptors (Lipinski definition) is 3. The predicted octanol–water partition coefficient (Wildman–Crippen LogP) is 2.50. The summed E-state index contributed by atoms with van der Waals surface area (Å²) in [5.41, 5.74) is 1.17. The Morgan fingerprint density at radius 3 is 2.61 bits per heavy atom. The number of benzene rings is 1. The molecule has 0 unspecified atom stereocenters. The summed E-state index contributed by atoms with van der Waals surface area (Å²) in [6.45, 7) is 8.18. The summed E-state index contributed by atoms with van der Waals surface area (Å²) in [5.74, 6) is -0.0226. The Labute approximate surface area is 138 Å². The van der Waals surface area contributed by atoms with Crippen molar-refractivity contribution in [2.24, 2.45) is 5.92 Å². The topological polar surface area (TPSA) is 61.4 Å². The molecule has 1 aliphatic rings. The van der Waals surface area contributed by atoms with E-state index >= 15 is 0 Å². The molecule has 1 aromatic rings. The summed E-state index contributed by atoms with van der Waals surface area (Å²) >= 11 is 0. The van der Waals surface area contributed by atoms with E-state index in [1.807, 2.05) is 26.0 Å². The lowest BCUT2D eigenvalue weighted by atomic mass is 9.92. The molecule has 126 valence electrons. The second-order valence-corrected chi connectivity index (χ2v) is 6.09. The number of hydrogen-bond donors (Lipinski definition) is 2. The molecule has 5 nitrogen and oxygen atoms in total. The van der Waals surface area contributed by atoms with Gasteiger partial charge in [0, 0.05) is 25.0 Å². The Kier molecular flexibility index (Phi) is 6.16. The molecule has 0 spiro atoms. The van der Waals surface area contributed by atoms with Crippen LogP contribution in [0.1, 0.15) is 44.0 Å². The first-order valence-corrected chi connectivity index (χ1v) is 8.49. The average Bonchev–Trinajstić information content (AvgIpc) is 2.56. The first-order chi connectivity index (χ1) is 11.1. The molecular formula is C18H27N3O2. The molecule has 1 fully saturated rings. The summed E-state index contributed by atoms with van der Waals surface area (Å²) in [4.78, 5) is 26.9. The first kappa shape index (κ1) is 17.5. The molecule has 2 rings (SSSR count). The fraction of sp³-hybridized carbons (Fsp3) is 0.556. The number of carbonyl (C=O) groups is 2. The maximum atomic E-state index is 12.6. The molecule has 2 atom stereocenters. The Bertz CT molecular complexity index is 555. The second-order valence-electron chi connectivity index (χ2n) is 6.09. The second kappa shape index (κ2) is 8.11. The van der Waals surface area contributed by atoms with E-state index in [4.69, 9.17) is 0 Å². The van der Waals surface area contributed by atoms with Crippen molar-refractivity contribution in [3.05, 3.63) is 29.8 Å². The smallest absolute Gasteiger partial charge is 0.255 e. The molecule has 1 saturated heterocycles. The third-order valence-corrected chi connectivity index (χ3v) is 4.46. The van der Waals surface area contributed by atoms with Crippen molar-refractivity contribution in [2.45, 2.75) is 39.7 Å². The van der Waals surface area contributed by atoms with Crippen molar-refractivity contribution in [3.63, 3.8) is 0 Å². The minimum Gasteiger partial charge on any atom is -0.339 e. The Hall–Kier alpha value is -1.88. The van der Waals surface area contributed by atoms with Gasteiger partial charge in [0.15, 0.2) is 0 Å². The molecule has 1 aromatic carbocycles. The van der Waals surface area contributed by atoms with Gasteiger partial charge >= 0.3 is 0 Å². The number of para-hydroxylation sites is 1. The highest BCUT2D eigenvalue weighted by Gasteiger charge is 2.26. The summed E-state index contributed by atoms with van der Waals surface area (Å²) in [6, 6.07) is 7.62. The van der Waals surface area contributed by atoms with Gasteiger partial charge in [0.1, 0.15) is 0 Å². The van der Waals surface area contributed by atoms with Crippen molar-refractivity contribution in [1.82, 2.24) is 10.2 Å². The number of anilines is 1. The van der Waals surface area contributed by atoms with E-state index in [1.54, 1.807) is 17.0 Å². The number of nitrogens with zero attached hydrogens (tertiary/aromatic N) is 1. The van der Waals surface area contributed by atoms with Crippen LogP contribution in [0.4, 0.5) is 5.69 Å². The molecule has 2 N–H and O–H groups in total. The summed E-state index contributed by atoms with van der Waals surface area (Å²) in [7, 11) is 0. The Morgan fingerprint density at radius 2 is 1.96 bits per heavy atom. The number of piperidine rings is 1. The lowest BCUT2D eigenvalue weighted by Crippen LogP contribution is -2.40. The van der Waals surface area contributed by atoms with E-state index in [2.05, 4.69) is 17.6 Å². The van der Waals surface area contributed by atoms with Crippen molar-refractivity contribution in [1.29, 1.82) is 0 Å². The molecule has 2 amide bonds. The van der Waals surface area contributed by atoms with Crippen LogP contribution in [0.2, 0.25) is 0 Å². The first-order valence-electron chi connectivity index (χ1n) is 8.49. The normalized spacial score (nSPS) is 20.8. The molecule has 23 heavy (non-hydrogen) atoms. The molecule has 1 aliphatic heterocycles. The predicted molar refractivity (Wildman–Crippen MR) is 92.5 cm³/mol. The standard InChI is InChI=1S/C18H27N3O2/c1-4-21(5-2)18(23)15-8-6-7-9-16(15)20-17(22)14-10-11-19-13(3)12-14/h6-9,13-14,19H,4-5,10-12H2,1-3H3,(H,20,22)/t13-,14-/m0/s1. The highest BCUT2D eigenvalue weighted by molar-refractivity contribution is 6.04. The van der Waals surface area contributed by atoms with Gasteiger partial charge in [-0.2, -0.15) is 0 Å². The molecule has 0 aromatic heterocycles. The molecular weight excluding hydrogens is 290 g/mol. The lowest BCUT2D eigenvalue weighted by molar-refractivity contribution is -0.120. The van der Waals surface area contributed by atoms with E-state index in [-0.39, 0.29) is 17.7 Å². The highest BCUT2D eigenvalue weighted by atomic mass is 16.2. The maximum Gasteiger partial charge on any atom is 0.255 e. The van der Waals surface area contributed by atoms with Crippen LogP contribution >= 0.6 is 0 Å². The summed E-state index contributed by atoms with van der Waals surface area (Å²) in [5, 5.41) is 6.32. The van der Waals surface area contributed by atoms with Gasteiger partial charge < -0.3 is 15.5 Å². The van der Waals surface area contributed by atoms with Crippen LogP contribution in [0, 0.1) is 5.92 Å². The van der Waals surface area contributed by atoms with E-state index in [0.717, 1.165) is 19.4 Å². The monoisotopic (exact) mass is 317 g/mol. The van der Waals surface area contributed by atoms with E-state index in [9.17, 15) is 9.59 Å². The highest BCUT2D eigenvalue weighted by Crippen LogP contribution is 2.22. The van der Waals surface area contributed by atoms with E-state index in [1.165, 1.54) is 0 Å². The molecule has 5 heteroatoms. The van der Waals surface area contributed by atoms with Crippen LogP contribution in [0.3, 0.4) is 0 Å². The van der Waals surface area contributed by atoms with Crippen LogP contribution in [-0.2, 0) is 4.79 Å². The number of amides is 2. The zero-order chi connectivity index (χ0) is 16.8. The number of nitrogens with one attached hydrogen (secondary N) is 2. The van der Waals surface area contributed by atoms with Gasteiger partial charge in [-0.15, -0.1) is 0 Å². The minimum atomic E-state index is -0.0374. The van der Waals surface area contributed by atoms with Gasteiger partial charge in [-0.1, -0.05) is 12.1 Å². The van der Waals surface area contributed by atoms with Crippen LogP contribution in [-0.4, -0.2) is 42.4 Å². The van der Waals surface area contributed by atoms with E-state index < -0.39 is 0 Å². The fourth-order valence-electron chi connectivity index (χ4n) is 3.06. The van der Waals surface area contributed by atoms with Gasteiger partial charge in [0.2, 0.25) is 5.91 Å². The van der Waals surface area contributed by atoms with Crippen molar-refractivity contribution >= 4 is 17.5 Å². The zero-order valence-corrected chi connectivity index (χ0v) is 14.3. The van der Waals surface area contributed by atoms with Gasteiger partial charge in [0.25, 0.3) is 5.91 Å². The van der Waals surface area contributed by atoms with Crippen LogP contribution in [0.25, 0.3) is 0 Å². The van der Waals surface area contributed by atoms with Crippen LogP contribution < -0.4 is 10.6 Å². The minimum absolute atomic E-state index is 0.00265. The molecule has 0 bridgehead atoms. The fourth-order valence-corrected chi connectivity index (χ4v) is 3.06. The van der Waals surface area contributed by atoms with Crippen molar-refractivity contribution in [3.8, 4) is 0 Å². The molecule has 0 aliphatic carbocycles. The van der Waals surface area contributed by atoms with Crippen LogP contribution in [0.15, 0.2) is 24.3 Å². The third-order valence-electron chi connectivity index (χ3n) is 4.46. The average molecular weight is 317 g/mol.